The van der Waals surface area contributed by atoms with Crippen molar-refractivity contribution in [2.45, 2.75) is 12.8 Å². The summed E-state index contributed by atoms with van der Waals surface area (Å²) in [4.78, 5) is 14.6. The highest BCUT2D eigenvalue weighted by Gasteiger charge is 2.02. The van der Waals surface area contributed by atoms with E-state index in [-0.39, 0.29) is 6.42 Å². The first kappa shape index (κ1) is 12.6. The molecule has 0 radical (unpaired) electrons. The average Bonchev–Trinajstić information content (AvgIpc) is 2.77. The van der Waals surface area contributed by atoms with Crippen molar-refractivity contribution >= 4 is 17.3 Å². The van der Waals surface area contributed by atoms with E-state index in [1.54, 1.807) is 5.38 Å². The van der Waals surface area contributed by atoms with Gasteiger partial charge in [-0.15, -0.1) is 11.3 Å². The normalized spacial score (nSPS) is 10.2. The second-order valence-corrected chi connectivity index (χ2v) is 4.64. The fraction of sp³-hybridized carbons (Fsp3) is 0.231. The van der Waals surface area contributed by atoms with Gasteiger partial charge in [0.25, 0.3) is 0 Å². The van der Waals surface area contributed by atoms with Crippen LogP contribution in [0.4, 0.5) is 0 Å². The maximum Gasteiger partial charge on any atom is 0.119 e. The second-order valence-electron chi connectivity index (χ2n) is 3.69. The van der Waals surface area contributed by atoms with E-state index in [0.717, 1.165) is 10.8 Å². The van der Waals surface area contributed by atoms with Crippen LogP contribution in [0.2, 0.25) is 0 Å². The van der Waals surface area contributed by atoms with Gasteiger partial charge in [0.05, 0.1) is 17.3 Å². The summed E-state index contributed by atoms with van der Waals surface area (Å²) in [6.07, 6.45) is 0.544. The molecule has 0 N–H and O–H groups in total. The van der Waals surface area contributed by atoms with E-state index in [1.165, 1.54) is 11.3 Å². The van der Waals surface area contributed by atoms with Crippen LogP contribution < -0.4 is 9.84 Å². The standard InChI is InChI=1S/C13H13NO3S/c15-13(16)8-10-9-18-12(14-10)6-7-17-11-4-2-1-3-5-11/h1-5,9H,6-8H2,(H,15,16)/p-1. The minimum Gasteiger partial charge on any atom is -0.550 e. The molecule has 0 aliphatic carbocycles. The monoisotopic (exact) mass is 262 g/mol. The number of hydrogen-bond acceptors (Lipinski definition) is 5. The summed E-state index contributed by atoms with van der Waals surface area (Å²) in [6.45, 7) is 0.530. The summed E-state index contributed by atoms with van der Waals surface area (Å²) in [5.41, 5.74) is 0.551. The number of carbonyl (C=O) groups excluding carboxylic acids is 1. The van der Waals surface area contributed by atoms with Gasteiger partial charge < -0.3 is 14.6 Å². The maximum absolute atomic E-state index is 10.4. The summed E-state index contributed by atoms with van der Waals surface area (Å²) in [5, 5.41) is 13.0. The molecule has 0 unspecified atom stereocenters. The van der Waals surface area contributed by atoms with Crippen molar-refractivity contribution in [3.63, 3.8) is 0 Å². The summed E-state index contributed by atoms with van der Waals surface area (Å²) < 4.78 is 5.54. The number of hydrogen-bond donors (Lipinski definition) is 0. The largest absolute Gasteiger partial charge is 0.550 e. The van der Waals surface area contributed by atoms with Crippen molar-refractivity contribution in [1.29, 1.82) is 0 Å². The van der Waals surface area contributed by atoms with Crippen LogP contribution >= 0.6 is 11.3 Å². The lowest BCUT2D eigenvalue weighted by molar-refractivity contribution is -0.304. The molecule has 2 aromatic rings. The molecule has 4 nitrogen and oxygen atoms in total. The molecule has 18 heavy (non-hydrogen) atoms. The Kier molecular flexibility index (Phi) is 4.30. The van der Waals surface area contributed by atoms with Crippen LogP contribution in [0.1, 0.15) is 10.7 Å². The number of carbonyl (C=O) groups is 1. The number of benzene rings is 1. The third-order valence-electron chi connectivity index (χ3n) is 2.25. The molecule has 0 bridgehead atoms. The number of para-hydroxylation sites is 1. The zero-order valence-electron chi connectivity index (χ0n) is 9.67. The first-order valence-electron chi connectivity index (χ1n) is 5.55. The first-order chi connectivity index (χ1) is 8.74. The van der Waals surface area contributed by atoms with E-state index in [4.69, 9.17) is 4.74 Å². The van der Waals surface area contributed by atoms with Crippen molar-refractivity contribution in [2.24, 2.45) is 0 Å². The fourth-order valence-electron chi connectivity index (χ4n) is 1.47. The van der Waals surface area contributed by atoms with E-state index >= 15 is 0 Å². The highest BCUT2D eigenvalue weighted by atomic mass is 32.1. The number of aliphatic carboxylic acids is 1. The van der Waals surface area contributed by atoms with Crippen LogP contribution in [0.15, 0.2) is 35.7 Å². The second kappa shape index (κ2) is 6.16. The minimum atomic E-state index is -1.10. The predicted molar refractivity (Wildman–Crippen MR) is 66.5 cm³/mol. The lowest BCUT2D eigenvalue weighted by atomic mass is 10.3. The molecule has 1 aromatic carbocycles. The molecule has 2 rings (SSSR count). The molecule has 0 atom stereocenters. The Hall–Kier alpha value is -1.88. The summed E-state index contributed by atoms with van der Waals surface area (Å²) >= 11 is 1.44. The van der Waals surface area contributed by atoms with E-state index < -0.39 is 5.97 Å². The van der Waals surface area contributed by atoms with Gasteiger partial charge in [-0.2, -0.15) is 0 Å². The molecule has 0 amide bonds. The Morgan fingerprint density at radius 1 is 1.33 bits per heavy atom. The van der Waals surface area contributed by atoms with Crippen LogP contribution in [-0.2, 0) is 17.6 Å². The van der Waals surface area contributed by atoms with Crippen molar-refractivity contribution in [1.82, 2.24) is 4.98 Å². The summed E-state index contributed by atoms with van der Waals surface area (Å²) in [6, 6.07) is 9.54. The predicted octanol–water partition coefficient (Wildman–Crippen LogP) is 1.06. The minimum absolute atomic E-state index is 0.129. The number of carboxylic acids is 1. The molecule has 0 saturated heterocycles. The van der Waals surface area contributed by atoms with E-state index in [9.17, 15) is 9.90 Å². The van der Waals surface area contributed by atoms with E-state index in [0.29, 0.717) is 18.7 Å². The number of ether oxygens (including phenoxy) is 1. The summed E-state index contributed by atoms with van der Waals surface area (Å²) in [5.74, 6) is -0.281. The molecule has 1 aromatic heterocycles. The average molecular weight is 262 g/mol. The van der Waals surface area contributed by atoms with Gasteiger partial charge in [0.15, 0.2) is 0 Å². The SMILES string of the molecule is O=C([O-])Cc1csc(CCOc2ccccc2)n1. The molecule has 0 aliphatic heterocycles. The third kappa shape index (κ3) is 3.85. The highest BCUT2D eigenvalue weighted by Crippen LogP contribution is 2.13. The topological polar surface area (TPSA) is 62.2 Å². The first-order valence-corrected chi connectivity index (χ1v) is 6.43. The van der Waals surface area contributed by atoms with Crippen LogP contribution in [0.25, 0.3) is 0 Å². The molecule has 5 heteroatoms. The third-order valence-corrected chi connectivity index (χ3v) is 3.21. The fourth-order valence-corrected chi connectivity index (χ4v) is 2.24. The number of thiazole rings is 1. The van der Waals surface area contributed by atoms with Crippen molar-refractivity contribution in [2.75, 3.05) is 6.61 Å². The highest BCUT2D eigenvalue weighted by molar-refractivity contribution is 7.09. The molecular formula is C13H12NO3S-. The molecule has 94 valence electrons. The van der Waals surface area contributed by atoms with Crippen molar-refractivity contribution in [3.05, 3.63) is 46.4 Å². The lowest BCUT2D eigenvalue weighted by Gasteiger charge is -2.03. The zero-order valence-corrected chi connectivity index (χ0v) is 10.5. The van der Waals surface area contributed by atoms with Crippen LogP contribution in [-0.4, -0.2) is 17.6 Å². The van der Waals surface area contributed by atoms with Crippen LogP contribution in [0, 0.1) is 0 Å². The van der Waals surface area contributed by atoms with Gasteiger partial charge in [-0.1, -0.05) is 18.2 Å². The number of aromatic nitrogens is 1. The summed E-state index contributed by atoms with van der Waals surface area (Å²) in [7, 11) is 0. The van der Waals surface area contributed by atoms with Crippen molar-refractivity contribution < 1.29 is 14.6 Å². The quantitative estimate of drug-likeness (QED) is 0.781. The van der Waals surface area contributed by atoms with Gasteiger partial charge in [0, 0.05) is 24.2 Å². The zero-order chi connectivity index (χ0) is 12.8. The number of carboxylic acid groups (broad SMARTS) is 1. The number of nitrogens with zero attached hydrogens (tertiary/aromatic N) is 1. The molecular weight excluding hydrogens is 250 g/mol. The van der Waals surface area contributed by atoms with Crippen LogP contribution in [0.3, 0.4) is 0 Å². The Bertz CT molecular complexity index is 510. The molecule has 1 heterocycles. The van der Waals surface area contributed by atoms with Gasteiger partial charge in [0.1, 0.15) is 5.75 Å². The molecule has 0 spiro atoms. The molecule has 0 fully saturated rings. The van der Waals surface area contributed by atoms with E-state index in [2.05, 4.69) is 4.98 Å². The molecule has 0 aliphatic rings. The van der Waals surface area contributed by atoms with Gasteiger partial charge in [-0.25, -0.2) is 4.98 Å². The van der Waals surface area contributed by atoms with Crippen molar-refractivity contribution in [3.8, 4) is 5.75 Å². The maximum atomic E-state index is 10.4. The van der Waals surface area contributed by atoms with Gasteiger partial charge in [0.2, 0.25) is 0 Å². The molecule has 0 saturated carbocycles. The number of rotatable bonds is 6. The Morgan fingerprint density at radius 3 is 2.83 bits per heavy atom. The van der Waals surface area contributed by atoms with Crippen LogP contribution in [0.5, 0.6) is 5.75 Å². The van der Waals surface area contributed by atoms with Gasteiger partial charge >= 0.3 is 0 Å². The van der Waals surface area contributed by atoms with Gasteiger partial charge in [-0.05, 0) is 12.1 Å². The van der Waals surface area contributed by atoms with Gasteiger partial charge in [-0.3, -0.25) is 0 Å². The Morgan fingerprint density at radius 2 is 2.11 bits per heavy atom. The Balaban J connectivity index is 1.80. The smallest absolute Gasteiger partial charge is 0.119 e. The Labute approximate surface area is 109 Å². The lowest BCUT2D eigenvalue weighted by Crippen LogP contribution is -2.24. The van der Waals surface area contributed by atoms with E-state index in [1.807, 2.05) is 30.3 Å².